The third-order valence-electron chi connectivity index (χ3n) is 2.87. The molecule has 6 heteroatoms. The lowest BCUT2D eigenvalue weighted by Gasteiger charge is -2.28. The lowest BCUT2D eigenvalue weighted by molar-refractivity contribution is -0.123. The average molecular weight is 256 g/mol. The molecule has 1 aromatic rings. The molecule has 0 bridgehead atoms. The van der Waals surface area contributed by atoms with Gasteiger partial charge in [-0.15, -0.1) is 0 Å². The SMILES string of the molecule is CNC(C)(CC(C)Sc1nccn1C)C(N)=O. The zero-order valence-corrected chi connectivity index (χ0v) is 11.5. The molecule has 2 atom stereocenters. The summed E-state index contributed by atoms with van der Waals surface area (Å²) < 4.78 is 1.96. The van der Waals surface area contributed by atoms with Crippen LogP contribution in [0.4, 0.5) is 0 Å². The second-order valence-corrected chi connectivity index (χ2v) is 5.81. The number of thioether (sulfide) groups is 1. The third kappa shape index (κ3) is 3.47. The molecule has 0 spiro atoms. The van der Waals surface area contributed by atoms with Gasteiger partial charge < -0.3 is 15.6 Å². The van der Waals surface area contributed by atoms with E-state index in [0.29, 0.717) is 6.42 Å². The Labute approximate surface area is 106 Å². The Morgan fingerprint density at radius 1 is 1.76 bits per heavy atom. The van der Waals surface area contributed by atoms with E-state index in [0.717, 1.165) is 5.16 Å². The van der Waals surface area contributed by atoms with E-state index in [4.69, 9.17) is 5.73 Å². The number of rotatable bonds is 6. The number of aryl methyl sites for hydroxylation is 1. The van der Waals surface area contributed by atoms with Crippen LogP contribution in [0.3, 0.4) is 0 Å². The summed E-state index contributed by atoms with van der Waals surface area (Å²) in [5.74, 6) is -0.327. The topological polar surface area (TPSA) is 72.9 Å². The summed E-state index contributed by atoms with van der Waals surface area (Å²) in [5, 5.41) is 4.18. The lowest BCUT2D eigenvalue weighted by Crippen LogP contribution is -2.52. The van der Waals surface area contributed by atoms with E-state index in [1.807, 2.05) is 24.7 Å². The Kier molecular flexibility index (Phi) is 4.59. The maximum atomic E-state index is 11.4. The van der Waals surface area contributed by atoms with Gasteiger partial charge in [0.05, 0.1) is 5.54 Å². The van der Waals surface area contributed by atoms with E-state index in [1.165, 1.54) is 0 Å². The molecule has 0 fully saturated rings. The number of primary amides is 1. The molecular formula is C11H20N4OS. The zero-order valence-electron chi connectivity index (χ0n) is 10.7. The van der Waals surface area contributed by atoms with Gasteiger partial charge in [-0.1, -0.05) is 18.7 Å². The van der Waals surface area contributed by atoms with Crippen molar-refractivity contribution in [3.05, 3.63) is 12.4 Å². The van der Waals surface area contributed by atoms with Gasteiger partial charge in [0.1, 0.15) is 0 Å². The van der Waals surface area contributed by atoms with Gasteiger partial charge in [0.2, 0.25) is 5.91 Å². The van der Waals surface area contributed by atoms with Gasteiger partial charge in [0.15, 0.2) is 5.16 Å². The number of amides is 1. The highest BCUT2D eigenvalue weighted by Crippen LogP contribution is 2.27. The maximum Gasteiger partial charge on any atom is 0.237 e. The van der Waals surface area contributed by atoms with Crippen molar-refractivity contribution in [2.24, 2.45) is 12.8 Å². The van der Waals surface area contributed by atoms with E-state index in [1.54, 1.807) is 25.0 Å². The minimum atomic E-state index is -0.669. The molecule has 0 aliphatic rings. The first-order valence-corrected chi connectivity index (χ1v) is 6.40. The molecule has 0 aromatic carbocycles. The van der Waals surface area contributed by atoms with Gasteiger partial charge in [-0.25, -0.2) is 4.98 Å². The fraction of sp³-hybridized carbons (Fsp3) is 0.636. The molecule has 5 nitrogen and oxygen atoms in total. The standard InChI is InChI=1S/C11H20N4OS/c1-8(7-11(2,13-3)9(12)16)17-10-14-5-6-15(10)4/h5-6,8,13H,7H2,1-4H3,(H2,12,16). The van der Waals surface area contributed by atoms with E-state index in [2.05, 4.69) is 17.2 Å². The Morgan fingerprint density at radius 2 is 2.41 bits per heavy atom. The normalized spacial score (nSPS) is 16.5. The van der Waals surface area contributed by atoms with Crippen LogP contribution in [-0.2, 0) is 11.8 Å². The summed E-state index contributed by atoms with van der Waals surface area (Å²) in [6.45, 7) is 3.89. The highest BCUT2D eigenvalue weighted by molar-refractivity contribution is 7.99. The molecular weight excluding hydrogens is 236 g/mol. The van der Waals surface area contributed by atoms with E-state index >= 15 is 0 Å². The number of likely N-dealkylation sites (N-methyl/N-ethyl adjacent to an activating group) is 1. The minimum Gasteiger partial charge on any atom is -0.368 e. The van der Waals surface area contributed by atoms with Crippen LogP contribution < -0.4 is 11.1 Å². The monoisotopic (exact) mass is 256 g/mol. The van der Waals surface area contributed by atoms with Crippen LogP contribution in [0.25, 0.3) is 0 Å². The quantitative estimate of drug-likeness (QED) is 0.737. The Morgan fingerprint density at radius 3 is 2.82 bits per heavy atom. The zero-order chi connectivity index (χ0) is 13.1. The van der Waals surface area contributed by atoms with Crippen molar-refractivity contribution in [2.45, 2.75) is 36.2 Å². The molecule has 0 saturated heterocycles. The van der Waals surface area contributed by atoms with Crippen molar-refractivity contribution < 1.29 is 4.79 Å². The molecule has 96 valence electrons. The Hall–Kier alpha value is -1.01. The molecule has 17 heavy (non-hydrogen) atoms. The van der Waals surface area contributed by atoms with Crippen LogP contribution in [0.2, 0.25) is 0 Å². The number of hydrogen-bond acceptors (Lipinski definition) is 4. The summed E-state index contributed by atoms with van der Waals surface area (Å²) in [7, 11) is 3.70. The second kappa shape index (κ2) is 5.55. The van der Waals surface area contributed by atoms with Crippen LogP contribution in [0, 0.1) is 0 Å². The summed E-state index contributed by atoms with van der Waals surface area (Å²) in [6, 6.07) is 0. The summed E-state index contributed by atoms with van der Waals surface area (Å²) >= 11 is 1.64. The van der Waals surface area contributed by atoms with Gasteiger partial charge >= 0.3 is 0 Å². The van der Waals surface area contributed by atoms with Crippen LogP contribution in [0.15, 0.2) is 17.6 Å². The van der Waals surface area contributed by atoms with E-state index in [9.17, 15) is 4.79 Å². The highest BCUT2D eigenvalue weighted by atomic mass is 32.2. The van der Waals surface area contributed by atoms with Crippen molar-refractivity contribution in [1.82, 2.24) is 14.9 Å². The van der Waals surface area contributed by atoms with E-state index in [-0.39, 0.29) is 11.2 Å². The van der Waals surface area contributed by atoms with Gasteiger partial charge in [0, 0.05) is 24.7 Å². The molecule has 1 amide bonds. The molecule has 1 heterocycles. The number of nitrogens with two attached hydrogens (primary N) is 1. The number of hydrogen-bond donors (Lipinski definition) is 2. The Bertz CT molecular complexity index is 393. The van der Waals surface area contributed by atoms with Crippen LogP contribution in [0.5, 0.6) is 0 Å². The van der Waals surface area contributed by atoms with Crippen molar-refractivity contribution >= 4 is 17.7 Å². The maximum absolute atomic E-state index is 11.4. The number of carbonyl (C=O) groups is 1. The van der Waals surface area contributed by atoms with E-state index < -0.39 is 5.54 Å². The number of nitrogens with one attached hydrogen (secondary N) is 1. The summed E-state index contributed by atoms with van der Waals surface area (Å²) in [5.41, 5.74) is 4.73. The van der Waals surface area contributed by atoms with Crippen molar-refractivity contribution in [3.63, 3.8) is 0 Å². The number of nitrogens with zero attached hydrogens (tertiary/aromatic N) is 2. The predicted molar refractivity (Wildman–Crippen MR) is 69.8 cm³/mol. The van der Waals surface area contributed by atoms with Crippen LogP contribution >= 0.6 is 11.8 Å². The average Bonchev–Trinajstić information content (AvgIpc) is 2.63. The van der Waals surface area contributed by atoms with Crippen molar-refractivity contribution in [1.29, 1.82) is 0 Å². The molecule has 3 N–H and O–H groups in total. The summed E-state index contributed by atoms with van der Waals surface area (Å²) in [6.07, 6.45) is 4.33. The van der Waals surface area contributed by atoms with Crippen LogP contribution in [-0.4, -0.2) is 33.3 Å². The third-order valence-corrected chi connectivity index (χ3v) is 4.05. The smallest absolute Gasteiger partial charge is 0.237 e. The van der Waals surface area contributed by atoms with Crippen LogP contribution in [0.1, 0.15) is 20.3 Å². The first kappa shape index (κ1) is 14.1. The molecule has 2 unspecified atom stereocenters. The van der Waals surface area contributed by atoms with Gasteiger partial charge in [-0.2, -0.15) is 0 Å². The largest absolute Gasteiger partial charge is 0.368 e. The molecule has 0 saturated carbocycles. The Balaban J connectivity index is 2.63. The molecule has 0 radical (unpaired) electrons. The fourth-order valence-electron chi connectivity index (χ4n) is 1.59. The summed E-state index contributed by atoms with van der Waals surface area (Å²) in [4.78, 5) is 15.6. The molecule has 0 aliphatic heterocycles. The second-order valence-electron chi connectivity index (χ2n) is 4.40. The van der Waals surface area contributed by atoms with Gasteiger partial charge in [-0.05, 0) is 20.4 Å². The first-order chi connectivity index (χ1) is 7.89. The van der Waals surface area contributed by atoms with Crippen molar-refractivity contribution in [2.75, 3.05) is 7.05 Å². The fourth-order valence-corrected chi connectivity index (χ4v) is 2.71. The first-order valence-electron chi connectivity index (χ1n) is 5.52. The predicted octanol–water partition coefficient (Wildman–Crippen LogP) is 0.754. The molecule has 1 rings (SSSR count). The van der Waals surface area contributed by atoms with Crippen molar-refractivity contribution in [3.8, 4) is 0 Å². The molecule has 1 aromatic heterocycles. The van der Waals surface area contributed by atoms with Gasteiger partial charge in [0.25, 0.3) is 0 Å². The number of aromatic nitrogens is 2. The molecule has 0 aliphatic carbocycles. The number of imidazole rings is 1. The lowest BCUT2D eigenvalue weighted by atomic mass is 9.95. The van der Waals surface area contributed by atoms with Gasteiger partial charge in [-0.3, -0.25) is 4.79 Å². The minimum absolute atomic E-state index is 0.251. The highest BCUT2D eigenvalue weighted by Gasteiger charge is 2.31. The number of carbonyl (C=O) groups excluding carboxylic acids is 1.